The number of rotatable bonds is 5. The van der Waals surface area contributed by atoms with Crippen molar-refractivity contribution in [3.8, 4) is 32.8 Å². The van der Waals surface area contributed by atoms with Crippen molar-refractivity contribution in [3.63, 3.8) is 0 Å². The van der Waals surface area contributed by atoms with Crippen LogP contribution in [0.15, 0.2) is 10.8 Å². The molecule has 0 aromatic carbocycles. The quantitative estimate of drug-likeness (QED) is 0.629. The summed E-state index contributed by atoms with van der Waals surface area (Å²) in [6, 6.07) is 0. The molecule has 1 aliphatic heterocycles. The summed E-state index contributed by atoms with van der Waals surface area (Å²) in [5, 5.41) is 2.77. The van der Waals surface area contributed by atoms with E-state index in [9.17, 15) is 26.3 Å². The maximum absolute atomic E-state index is 12.5. The molecule has 0 atom stereocenters. The van der Waals surface area contributed by atoms with E-state index in [-0.39, 0.29) is 11.5 Å². The third kappa shape index (κ3) is 4.47. The Morgan fingerprint density at radius 3 is 2.15 bits per heavy atom. The standard InChI is InChI=1S/C14H10F6O4S2/c15-13(16,17)5-23-8-4-26-12(10(8)24-6-14(18,19)20)11-9-7(3-25-11)21-1-2-22-9/h3-4H,1-2,5-6H2. The number of hydrogen-bond acceptors (Lipinski definition) is 6. The van der Waals surface area contributed by atoms with Gasteiger partial charge in [0.05, 0.1) is 9.75 Å². The third-order valence-electron chi connectivity index (χ3n) is 2.99. The second-order valence-corrected chi connectivity index (χ2v) is 6.78. The largest absolute Gasteiger partial charge is 0.485 e. The molecule has 4 nitrogen and oxygen atoms in total. The Hall–Kier alpha value is -1.82. The summed E-state index contributed by atoms with van der Waals surface area (Å²) in [5.41, 5.74) is 0. The molecule has 12 heteroatoms. The fourth-order valence-electron chi connectivity index (χ4n) is 2.06. The summed E-state index contributed by atoms with van der Waals surface area (Å²) >= 11 is 2.02. The maximum Gasteiger partial charge on any atom is 0.422 e. The molecule has 0 radical (unpaired) electrons. The molecular weight excluding hydrogens is 410 g/mol. The molecule has 0 bridgehead atoms. The highest BCUT2D eigenvalue weighted by Gasteiger charge is 2.34. The molecule has 2 aromatic heterocycles. The Bertz CT molecular complexity index is 765. The molecule has 3 heterocycles. The fourth-order valence-corrected chi connectivity index (χ4v) is 4.08. The van der Waals surface area contributed by atoms with Gasteiger partial charge in [-0.05, 0) is 0 Å². The minimum absolute atomic E-state index is 0.183. The zero-order valence-electron chi connectivity index (χ0n) is 12.7. The van der Waals surface area contributed by atoms with Gasteiger partial charge in [0.2, 0.25) is 0 Å². The maximum atomic E-state index is 12.5. The Balaban J connectivity index is 1.93. The van der Waals surface area contributed by atoms with E-state index in [0.717, 1.165) is 22.7 Å². The Morgan fingerprint density at radius 2 is 1.46 bits per heavy atom. The van der Waals surface area contributed by atoms with E-state index in [1.807, 2.05) is 0 Å². The van der Waals surface area contributed by atoms with Gasteiger partial charge in [0.25, 0.3) is 0 Å². The molecular formula is C14H10F6O4S2. The molecule has 0 fully saturated rings. The predicted molar refractivity (Wildman–Crippen MR) is 81.7 cm³/mol. The van der Waals surface area contributed by atoms with Gasteiger partial charge >= 0.3 is 12.4 Å². The second kappa shape index (κ2) is 7.06. The molecule has 0 saturated heterocycles. The normalized spacial score (nSPS) is 14.4. The van der Waals surface area contributed by atoms with Gasteiger partial charge in [-0.2, -0.15) is 26.3 Å². The van der Waals surface area contributed by atoms with Crippen molar-refractivity contribution >= 4 is 22.7 Å². The van der Waals surface area contributed by atoms with E-state index in [2.05, 4.69) is 4.74 Å². The van der Waals surface area contributed by atoms with E-state index < -0.39 is 37.1 Å². The molecule has 0 aliphatic carbocycles. The van der Waals surface area contributed by atoms with Crippen LogP contribution in [0.1, 0.15) is 0 Å². The first kappa shape index (κ1) is 19.0. The Labute approximate surface area is 150 Å². The predicted octanol–water partition coefficient (Wildman–Crippen LogP) is 5.13. The second-order valence-electron chi connectivity index (χ2n) is 5.02. The van der Waals surface area contributed by atoms with Crippen LogP contribution in [0, 0.1) is 0 Å². The van der Waals surface area contributed by atoms with Crippen molar-refractivity contribution in [1.82, 2.24) is 0 Å². The lowest BCUT2D eigenvalue weighted by Crippen LogP contribution is -2.21. The average molecular weight is 420 g/mol. The lowest BCUT2D eigenvalue weighted by atomic mass is 10.3. The highest BCUT2D eigenvalue weighted by atomic mass is 32.1. The number of halogens is 6. The number of hydrogen-bond donors (Lipinski definition) is 0. The van der Waals surface area contributed by atoms with Crippen molar-refractivity contribution in [2.45, 2.75) is 12.4 Å². The molecule has 1 aliphatic rings. The zero-order valence-corrected chi connectivity index (χ0v) is 14.3. The zero-order chi connectivity index (χ0) is 18.9. The molecule has 0 unspecified atom stereocenters. The topological polar surface area (TPSA) is 36.9 Å². The Morgan fingerprint density at radius 1 is 0.846 bits per heavy atom. The summed E-state index contributed by atoms with van der Waals surface area (Å²) in [4.78, 5) is 0.590. The highest BCUT2D eigenvalue weighted by molar-refractivity contribution is 7.21. The summed E-state index contributed by atoms with van der Waals surface area (Å²) in [7, 11) is 0. The van der Waals surface area contributed by atoms with E-state index in [0.29, 0.717) is 23.0 Å². The Kier molecular flexibility index (Phi) is 5.15. The van der Waals surface area contributed by atoms with E-state index >= 15 is 0 Å². The van der Waals surface area contributed by atoms with Crippen molar-refractivity contribution in [1.29, 1.82) is 0 Å². The third-order valence-corrected chi connectivity index (χ3v) is 5.04. The van der Waals surface area contributed by atoms with Crippen LogP contribution >= 0.6 is 22.7 Å². The van der Waals surface area contributed by atoms with Crippen LogP contribution in [0.25, 0.3) is 9.75 Å². The van der Waals surface area contributed by atoms with Crippen LogP contribution in [-0.4, -0.2) is 38.8 Å². The molecule has 0 spiro atoms. The minimum atomic E-state index is -4.66. The molecule has 0 saturated carbocycles. The van der Waals surface area contributed by atoms with Gasteiger partial charge in [-0.25, -0.2) is 0 Å². The average Bonchev–Trinajstić information content (AvgIpc) is 3.13. The van der Waals surface area contributed by atoms with Gasteiger partial charge in [-0.1, -0.05) is 0 Å². The van der Waals surface area contributed by atoms with Gasteiger partial charge in [-0.15, -0.1) is 22.7 Å². The lowest BCUT2D eigenvalue weighted by molar-refractivity contribution is -0.158. The van der Waals surface area contributed by atoms with Crippen molar-refractivity contribution in [2.75, 3.05) is 26.4 Å². The highest BCUT2D eigenvalue weighted by Crippen LogP contribution is 2.53. The molecule has 26 heavy (non-hydrogen) atoms. The fraction of sp³-hybridized carbons (Fsp3) is 0.429. The molecule has 0 N–H and O–H groups in total. The number of fused-ring (bicyclic) bond motifs is 1. The minimum Gasteiger partial charge on any atom is -0.485 e. The molecule has 2 aromatic rings. The van der Waals surface area contributed by atoms with Gasteiger partial charge in [0, 0.05) is 10.8 Å². The van der Waals surface area contributed by atoms with Crippen LogP contribution in [0.5, 0.6) is 23.0 Å². The van der Waals surface area contributed by atoms with Crippen LogP contribution in [0.2, 0.25) is 0 Å². The number of ether oxygens (including phenoxy) is 4. The molecule has 0 amide bonds. The summed E-state index contributed by atoms with van der Waals surface area (Å²) < 4.78 is 94.9. The van der Waals surface area contributed by atoms with E-state index in [4.69, 9.17) is 14.2 Å². The summed E-state index contributed by atoms with van der Waals surface area (Å²) in [6.07, 6.45) is -9.29. The summed E-state index contributed by atoms with van der Waals surface area (Å²) in [5.74, 6) is -0.0765. The summed E-state index contributed by atoms with van der Waals surface area (Å²) in [6.45, 7) is -2.74. The monoisotopic (exact) mass is 420 g/mol. The van der Waals surface area contributed by atoms with Crippen molar-refractivity contribution in [2.24, 2.45) is 0 Å². The van der Waals surface area contributed by atoms with E-state index in [1.54, 1.807) is 5.38 Å². The SMILES string of the molecule is FC(F)(F)COc1csc(-c2scc3c2OCCO3)c1OCC(F)(F)F. The van der Waals surface area contributed by atoms with Gasteiger partial charge in [-0.3, -0.25) is 0 Å². The van der Waals surface area contributed by atoms with Crippen molar-refractivity contribution < 1.29 is 45.3 Å². The number of alkyl halides is 6. The van der Waals surface area contributed by atoms with Crippen LogP contribution in [0.3, 0.4) is 0 Å². The smallest absolute Gasteiger partial charge is 0.422 e. The van der Waals surface area contributed by atoms with Crippen LogP contribution < -0.4 is 18.9 Å². The lowest BCUT2D eigenvalue weighted by Gasteiger charge is -2.17. The van der Waals surface area contributed by atoms with Crippen molar-refractivity contribution in [3.05, 3.63) is 10.8 Å². The van der Waals surface area contributed by atoms with Gasteiger partial charge in [0.1, 0.15) is 13.2 Å². The van der Waals surface area contributed by atoms with Crippen LogP contribution in [0.4, 0.5) is 26.3 Å². The first-order valence-electron chi connectivity index (χ1n) is 7.02. The van der Waals surface area contributed by atoms with Crippen LogP contribution in [-0.2, 0) is 0 Å². The van der Waals surface area contributed by atoms with Gasteiger partial charge in [0.15, 0.2) is 36.2 Å². The first-order valence-corrected chi connectivity index (χ1v) is 8.78. The van der Waals surface area contributed by atoms with E-state index in [1.165, 1.54) is 5.38 Å². The molecule has 144 valence electrons. The number of thiophene rings is 2. The first-order chi connectivity index (χ1) is 12.1. The molecule has 3 rings (SSSR count). The van der Waals surface area contributed by atoms with Gasteiger partial charge < -0.3 is 18.9 Å².